The molecule has 1 aromatic carbocycles. The number of aromatic amines is 1. The summed E-state index contributed by atoms with van der Waals surface area (Å²) in [5, 5.41) is 0. The highest BCUT2D eigenvalue weighted by Gasteiger charge is 2.40. The Balaban J connectivity index is 2.54. The number of carbonyl (C=O) groups is 4. The summed E-state index contributed by atoms with van der Waals surface area (Å²) in [5.41, 5.74) is 0.0521. The van der Waals surface area contributed by atoms with Crippen LogP contribution in [0.5, 0.6) is 0 Å². The molecule has 0 amide bonds. The highest BCUT2D eigenvalue weighted by Crippen LogP contribution is 2.27. The van der Waals surface area contributed by atoms with Crippen LogP contribution >= 0.6 is 0 Å². The van der Waals surface area contributed by atoms with Crippen LogP contribution in [0, 0.1) is 0 Å². The number of rotatable bonds is 9. The van der Waals surface area contributed by atoms with E-state index in [2.05, 4.69) is 4.98 Å². The molecule has 0 unspecified atom stereocenters. The Morgan fingerprint density at radius 2 is 1.47 bits per heavy atom. The van der Waals surface area contributed by atoms with Crippen molar-refractivity contribution in [2.24, 2.45) is 0 Å². The lowest BCUT2D eigenvalue weighted by molar-refractivity contribution is -0.190. The van der Waals surface area contributed by atoms with Crippen molar-refractivity contribution >= 4 is 23.9 Å². The molecular formula is C21H24N2O9. The number of para-hydroxylation sites is 1. The van der Waals surface area contributed by atoms with Gasteiger partial charge >= 0.3 is 29.6 Å². The highest BCUT2D eigenvalue weighted by molar-refractivity contribution is 5.69. The van der Waals surface area contributed by atoms with Gasteiger partial charge in [-0.05, 0) is 12.1 Å². The zero-order chi connectivity index (χ0) is 23.8. The fraction of sp³-hybridized carbons (Fsp3) is 0.381. The lowest BCUT2D eigenvalue weighted by atomic mass is 10.0. The van der Waals surface area contributed by atoms with Gasteiger partial charge in [0.15, 0.2) is 18.3 Å². The zero-order valence-corrected chi connectivity index (χ0v) is 18.0. The van der Waals surface area contributed by atoms with Crippen LogP contribution in [-0.2, 0) is 38.1 Å². The van der Waals surface area contributed by atoms with Crippen LogP contribution in [0.3, 0.4) is 0 Å². The second kappa shape index (κ2) is 10.9. The molecule has 0 aliphatic rings. The van der Waals surface area contributed by atoms with E-state index < -0.39 is 54.5 Å². The third-order valence-electron chi connectivity index (χ3n) is 4.11. The SMILES string of the molecule is CC(=O)OC[C@@H](OC(C)=O)[C@@H](OC(C)=O)[C@H](OC(C)=O)c1cn(-c2ccccc2)c(=O)[nH]1. The van der Waals surface area contributed by atoms with Crippen molar-refractivity contribution in [1.29, 1.82) is 0 Å². The van der Waals surface area contributed by atoms with Gasteiger partial charge in [-0.25, -0.2) is 4.79 Å². The minimum absolute atomic E-state index is 0.0697. The Hall–Kier alpha value is -3.89. The molecule has 0 bridgehead atoms. The van der Waals surface area contributed by atoms with Crippen molar-refractivity contribution in [3.8, 4) is 5.69 Å². The first-order valence-corrected chi connectivity index (χ1v) is 9.60. The molecular weight excluding hydrogens is 424 g/mol. The molecule has 11 heteroatoms. The fourth-order valence-corrected chi connectivity index (χ4v) is 2.96. The molecule has 1 aromatic heterocycles. The second-order valence-electron chi connectivity index (χ2n) is 6.77. The number of benzene rings is 1. The van der Waals surface area contributed by atoms with Crippen LogP contribution < -0.4 is 5.69 Å². The maximum absolute atomic E-state index is 12.5. The fourth-order valence-electron chi connectivity index (χ4n) is 2.96. The first-order valence-electron chi connectivity index (χ1n) is 9.60. The van der Waals surface area contributed by atoms with Gasteiger partial charge in [-0.15, -0.1) is 0 Å². The molecule has 0 radical (unpaired) electrons. The van der Waals surface area contributed by atoms with Gasteiger partial charge in [0, 0.05) is 33.9 Å². The van der Waals surface area contributed by atoms with Gasteiger partial charge in [0.05, 0.1) is 11.4 Å². The smallest absolute Gasteiger partial charge is 0.330 e. The third kappa shape index (κ3) is 6.83. The number of ether oxygens (including phenoxy) is 4. The monoisotopic (exact) mass is 448 g/mol. The molecule has 0 aliphatic heterocycles. The summed E-state index contributed by atoms with van der Waals surface area (Å²) < 4.78 is 22.0. The molecule has 0 spiro atoms. The third-order valence-corrected chi connectivity index (χ3v) is 4.11. The van der Waals surface area contributed by atoms with E-state index in [9.17, 15) is 24.0 Å². The van der Waals surface area contributed by atoms with Gasteiger partial charge in [-0.2, -0.15) is 0 Å². The van der Waals surface area contributed by atoms with Crippen molar-refractivity contribution in [3.05, 3.63) is 52.7 Å². The van der Waals surface area contributed by atoms with Gasteiger partial charge in [-0.3, -0.25) is 23.7 Å². The summed E-state index contributed by atoms with van der Waals surface area (Å²) in [6.45, 7) is 4.00. The summed E-state index contributed by atoms with van der Waals surface area (Å²) in [6.07, 6.45) is -2.76. The van der Waals surface area contributed by atoms with Crippen LogP contribution in [0.25, 0.3) is 5.69 Å². The predicted molar refractivity (Wildman–Crippen MR) is 109 cm³/mol. The zero-order valence-electron chi connectivity index (χ0n) is 18.0. The molecule has 3 atom stereocenters. The summed E-state index contributed by atoms with van der Waals surface area (Å²) in [5.74, 6) is -2.96. The molecule has 2 rings (SSSR count). The number of aromatic nitrogens is 2. The Kier molecular flexibility index (Phi) is 8.33. The van der Waals surface area contributed by atoms with Crippen LogP contribution in [0.15, 0.2) is 41.3 Å². The lowest BCUT2D eigenvalue weighted by Gasteiger charge is -2.31. The normalized spacial score (nSPS) is 13.4. The summed E-state index contributed by atoms with van der Waals surface area (Å²) >= 11 is 0. The molecule has 11 nitrogen and oxygen atoms in total. The number of hydrogen-bond acceptors (Lipinski definition) is 9. The Morgan fingerprint density at radius 3 is 2.00 bits per heavy atom. The van der Waals surface area contributed by atoms with Crippen LogP contribution in [0.2, 0.25) is 0 Å². The van der Waals surface area contributed by atoms with Gasteiger partial charge in [0.25, 0.3) is 0 Å². The molecule has 2 aromatic rings. The van der Waals surface area contributed by atoms with E-state index in [-0.39, 0.29) is 5.69 Å². The average molecular weight is 448 g/mol. The quantitative estimate of drug-likeness (QED) is 0.442. The minimum Gasteiger partial charge on any atom is -0.462 e. The number of nitrogens with zero attached hydrogens (tertiary/aromatic N) is 1. The standard InChI is InChI=1S/C21H24N2O9/c1-12(24)29-11-18(30-13(2)25)20(32-15(4)27)19(31-14(3)26)17-10-23(21(28)22-17)16-8-6-5-7-9-16/h5-10,18-20H,11H2,1-4H3,(H,22,28)/t18-,19-,20-/m1/s1. The van der Waals surface area contributed by atoms with Crippen molar-refractivity contribution in [3.63, 3.8) is 0 Å². The van der Waals surface area contributed by atoms with E-state index in [1.54, 1.807) is 30.3 Å². The summed E-state index contributed by atoms with van der Waals surface area (Å²) in [4.78, 5) is 61.7. The minimum atomic E-state index is -1.43. The number of nitrogens with one attached hydrogen (secondary N) is 1. The molecule has 0 saturated heterocycles. The molecule has 32 heavy (non-hydrogen) atoms. The first-order chi connectivity index (χ1) is 15.1. The predicted octanol–water partition coefficient (Wildman–Crippen LogP) is 1.20. The van der Waals surface area contributed by atoms with E-state index in [4.69, 9.17) is 18.9 Å². The largest absolute Gasteiger partial charge is 0.462 e. The van der Waals surface area contributed by atoms with Gasteiger partial charge in [-0.1, -0.05) is 18.2 Å². The Morgan fingerprint density at radius 1 is 0.875 bits per heavy atom. The van der Waals surface area contributed by atoms with E-state index in [1.807, 2.05) is 0 Å². The van der Waals surface area contributed by atoms with Crippen molar-refractivity contribution in [2.45, 2.75) is 46.0 Å². The van der Waals surface area contributed by atoms with Gasteiger partial charge in [0.1, 0.15) is 6.61 Å². The number of imidazole rings is 1. The van der Waals surface area contributed by atoms with Gasteiger partial charge < -0.3 is 23.9 Å². The Labute approximate surface area is 183 Å². The Bertz CT molecular complexity index is 1030. The maximum Gasteiger partial charge on any atom is 0.330 e. The van der Waals surface area contributed by atoms with Crippen molar-refractivity contribution in [2.75, 3.05) is 6.61 Å². The van der Waals surface area contributed by atoms with E-state index in [0.717, 1.165) is 27.7 Å². The van der Waals surface area contributed by atoms with Crippen molar-refractivity contribution < 1.29 is 38.1 Å². The van der Waals surface area contributed by atoms with Crippen LogP contribution in [0.4, 0.5) is 0 Å². The molecule has 0 saturated carbocycles. The van der Waals surface area contributed by atoms with E-state index in [1.165, 1.54) is 10.8 Å². The number of esters is 4. The number of carbonyl (C=O) groups excluding carboxylic acids is 4. The summed E-state index contributed by atoms with van der Waals surface area (Å²) in [6, 6.07) is 8.61. The van der Waals surface area contributed by atoms with Crippen LogP contribution in [0.1, 0.15) is 39.5 Å². The average Bonchev–Trinajstić information content (AvgIpc) is 3.09. The van der Waals surface area contributed by atoms with Crippen LogP contribution in [-0.4, -0.2) is 52.2 Å². The highest BCUT2D eigenvalue weighted by atomic mass is 16.6. The second-order valence-corrected chi connectivity index (χ2v) is 6.77. The molecule has 0 fully saturated rings. The lowest BCUT2D eigenvalue weighted by Crippen LogP contribution is -2.43. The molecule has 1 N–H and O–H groups in total. The molecule has 0 aliphatic carbocycles. The van der Waals surface area contributed by atoms with Crippen molar-refractivity contribution in [1.82, 2.24) is 9.55 Å². The van der Waals surface area contributed by atoms with E-state index in [0.29, 0.717) is 5.69 Å². The molecule has 1 heterocycles. The van der Waals surface area contributed by atoms with Gasteiger partial charge in [0.2, 0.25) is 0 Å². The number of H-pyrrole nitrogens is 1. The molecule has 172 valence electrons. The summed E-state index contributed by atoms with van der Waals surface area (Å²) in [7, 11) is 0. The first kappa shape index (κ1) is 24.4. The van der Waals surface area contributed by atoms with E-state index >= 15 is 0 Å². The topological polar surface area (TPSA) is 143 Å². The number of hydrogen-bond donors (Lipinski definition) is 1. The maximum atomic E-state index is 12.5.